The van der Waals surface area contributed by atoms with Crippen LogP contribution in [-0.4, -0.2) is 52.2 Å². The summed E-state index contributed by atoms with van der Waals surface area (Å²) in [7, 11) is 0. The standard InChI is InChI=1S/C26H30N4O4/c27-25(32)19(18-10-12-34-13-11-18)15-24(31)22(14-17-6-2-1-3-7-17)30-26(33)23-16-28-20-8-4-5-9-21(20)29-23/h1-9,16,18-19,22,24,31H,10-15H2,(H2,27,32)(H,30,33)/t19?,22-,24-/m0/s1. The van der Waals surface area contributed by atoms with Gasteiger partial charge < -0.3 is 20.9 Å². The van der Waals surface area contributed by atoms with Gasteiger partial charge in [0, 0.05) is 19.1 Å². The number of nitrogens with one attached hydrogen (secondary N) is 1. The highest BCUT2D eigenvalue weighted by Crippen LogP contribution is 2.28. The second-order valence-corrected chi connectivity index (χ2v) is 8.78. The van der Waals surface area contributed by atoms with Crippen LogP contribution in [0, 0.1) is 11.8 Å². The van der Waals surface area contributed by atoms with E-state index in [2.05, 4.69) is 15.3 Å². The van der Waals surface area contributed by atoms with Gasteiger partial charge in [-0.05, 0) is 49.3 Å². The lowest BCUT2D eigenvalue weighted by molar-refractivity contribution is -0.126. The quantitative estimate of drug-likeness (QED) is 0.448. The Morgan fingerprint density at radius 3 is 2.44 bits per heavy atom. The van der Waals surface area contributed by atoms with Gasteiger partial charge in [-0.2, -0.15) is 0 Å². The number of rotatable bonds is 9. The van der Waals surface area contributed by atoms with Crippen LogP contribution in [-0.2, 0) is 16.0 Å². The fourth-order valence-corrected chi connectivity index (χ4v) is 4.54. The maximum atomic E-state index is 13.1. The summed E-state index contributed by atoms with van der Waals surface area (Å²) >= 11 is 0. The Morgan fingerprint density at radius 2 is 1.74 bits per heavy atom. The van der Waals surface area contributed by atoms with E-state index in [-0.39, 0.29) is 18.0 Å². The summed E-state index contributed by atoms with van der Waals surface area (Å²) in [5, 5.41) is 14.1. The number of fused-ring (bicyclic) bond motifs is 1. The second kappa shape index (κ2) is 11.2. The molecule has 1 aliphatic heterocycles. The molecule has 1 unspecified atom stereocenters. The number of nitrogens with zero attached hydrogens (tertiary/aromatic N) is 2. The molecule has 0 saturated carbocycles. The molecule has 178 valence electrons. The van der Waals surface area contributed by atoms with Crippen LogP contribution in [0.25, 0.3) is 11.0 Å². The Balaban J connectivity index is 1.53. The van der Waals surface area contributed by atoms with E-state index in [0.29, 0.717) is 30.7 Å². The van der Waals surface area contributed by atoms with Gasteiger partial charge in [-0.3, -0.25) is 14.6 Å². The van der Waals surface area contributed by atoms with Gasteiger partial charge in [0.05, 0.1) is 29.4 Å². The molecule has 0 radical (unpaired) electrons. The normalized spacial score (nSPS) is 17.1. The maximum Gasteiger partial charge on any atom is 0.271 e. The first-order valence-electron chi connectivity index (χ1n) is 11.6. The van der Waals surface area contributed by atoms with Crippen LogP contribution in [0.2, 0.25) is 0 Å². The van der Waals surface area contributed by atoms with E-state index >= 15 is 0 Å². The van der Waals surface area contributed by atoms with Gasteiger partial charge in [0.15, 0.2) is 0 Å². The van der Waals surface area contributed by atoms with E-state index in [1.54, 1.807) is 6.07 Å². The van der Waals surface area contributed by atoms with Crippen LogP contribution >= 0.6 is 0 Å². The molecule has 1 fully saturated rings. The van der Waals surface area contributed by atoms with Crippen LogP contribution < -0.4 is 11.1 Å². The summed E-state index contributed by atoms with van der Waals surface area (Å²) < 4.78 is 5.41. The molecule has 3 aromatic rings. The van der Waals surface area contributed by atoms with Crippen molar-refractivity contribution in [2.45, 2.75) is 37.8 Å². The molecule has 0 aliphatic carbocycles. The smallest absolute Gasteiger partial charge is 0.271 e. The van der Waals surface area contributed by atoms with E-state index in [4.69, 9.17) is 10.5 Å². The first-order chi connectivity index (χ1) is 16.5. The molecule has 1 aromatic heterocycles. The highest BCUT2D eigenvalue weighted by Gasteiger charge is 2.33. The van der Waals surface area contributed by atoms with E-state index < -0.39 is 29.9 Å². The van der Waals surface area contributed by atoms with Crippen LogP contribution in [0.3, 0.4) is 0 Å². The predicted octanol–water partition coefficient (Wildman–Crippen LogP) is 2.25. The molecule has 4 rings (SSSR count). The SMILES string of the molecule is NC(=O)C(C[C@H](O)[C@H](Cc1ccccc1)NC(=O)c1cnc2ccccc2n1)C1CCOCC1. The number of hydrogen-bond acceptors (Lipinski definition) is 6. The molecule has 2 amide bonds. The molecule has 1 saturated heterocycles. The molecule has 1 aliphatic rings. The third-order valence-corrected chi connectivity index (χ3v) is 6.46. The Kier molecular flexibility index (Phi) is 7.82. The largest absolute Gasteiger partial charge is 0.391 e. The Hall–Kier alpha value is -3.36. The summed E-state index contributed by atoms with van der Waals surface area (Å²) in [5.41, 5.74) is 8.15. The zero-order valence-corrected chi connectivity index (χ0v) is 19.0. The average Bonchev–Trinajstić information content (AvgIpc) is 2.87. The van der Waals surface area contributed by atoms with E-state index in [1.807, 2.05) is 48.5 Å². The van der Waals surface area contributed by atoms with Crippen molar-refractivity contribution < 1.29 is 19.4 Å². The first-order valence-corrected chi connectivity index (χ1v) is 11.6. The van der Waals surface area contributed by atoms with Crippen molar-refractivity contribution in [2.24, 2.45) is 17.6 Å². The van der Waals surface area contributed by atoms with Crippen molar-refractivity contribution in [1.82, 2.24) is 15.3 Å². The Labute approximate surface area is 198 Å². The van der Waals surface area contributed by atoms with Crippen molar-refractivity contribution in [3.63, 3.8) is 0 Å². The van der Waals surface area contributed by atoms with Crippen LogP contribution in [0.15, 0.2) is 60.8 Å². The van der Waals surface area contributed by atoms with Gasteiger partial charge in [-0.15, -0.1) is 0 Å². The highest BCUT2D eigenvalue weighted by molar-refractivity contribution is 5.94. The minimum Gasteiger partial charge on any atom is -0.391 e. The van der Waals surface area contributed by atoms with E-state index in [1.165, 1.54) is 6.20 Å². The fraction of sp³-hybridized carbons (Fsp3) is 0.385. The zero-order chi connectivity index (χ0) is 23.9. The van der Waals surface area contributed by atoms with Crippen LogP contribution in [0.5, 0.6) is 0 Å². The molecule has 34 heavy (non-hydrogen) atoms. The fourth-order valence-electron chi connectivity index (χ4n) is 4.54. The van der Waals surface area contributed by atoms with Crippen molar-refractivity contribution >= 4 is 22.8 Å². The summed E-state index contributed by atoms with van der Waals surface area (Å²) in [5.74, 6) is -1.30. The summed E-state index contributed by atoms with van der Waals surface area (Å²) in [6.07, 6.45) is 2.47. The lowest BCUT2D eigenvalue weighted by atomic mass is 9.80. The number of nitrogens with two attached hydrogens (primary N) is 1. The maximum absolute atomic E-state index is 13.1. The van der Waals surface area contributed by atoms with Gasteiger partial charge in [-0.25, -0.2) is 4.98 Å². The van der Waals surface area contributed by atoms with E-state index in [0.717, 1.165) is 18.4 Å². The van der Waals surface area contributed by atoms with Crippen molar-refractivity contribution in [3.8, 4) is 0 Å². The van der Waals surface area contributed by atoms with Crippen molar-refractivity contribution in [2.75, 3.05) is 13.2 Å². The van der Waals surface area contributed by atoms with Gasteiger partial charge in [-0.1, -0.05) is 42.5 Å². The molecule has 2 aromatic carbocycles. The van der Waals surface area contributed by atoms with Gasteiger partial charge in [0.1, 0.15) is 5.69 Å². The third-order valence-electron chi connectivity index (χ3n) is 6.46. The zero-order valence-electron chi connectivity index (χ0n) is 19.0. The number of amides is 2. The molecule has 0 bridgehead atoms. The van der Waals surface area contributed by atoms with Gasteiger partial charge in [0.2, 0.25) is 5.91 Å². The molecular formula is C26H30N4O4. The number of hydrogen-bond donors (Lipinski definition) is 3. The Bertz CT molecular complexity index is 1120. The molecule has 4 N–H and O–H groups in total. The van der Waals surface area contributed by atoms with Crippen LogP contribution in [0.4, 0.5) is 0 Å². The average molecular weight is 463 g/mol. The first kappa shape index (κ1) is 23.8. The number of aliphatic hydroxyl groups is 1. The molecule has 2 heterocycles. The molecule has 0 spiro atoms. The lowest BCUT2D eigenvalue weighted by Crippen LogP contribution is -2.47. The third kappa shape index (κ3) is 5.95. The number of benzene rings is 2. The summed E-state index contributed by atoms with van der Waals surface area (Å²) in [6, 6.07) is 16.3. The monoisotopic (exact) mass is 462 g/mol. The summed E-state index contributed by atoms with van der Waals surface area (Å²) in [6.45, 7) is 1.16. The van der Waals surface area contributed by atoms with E-state index in [9.17, 15) is 14.7 Å². The topological polar surface area (TPSA) is 127 Å². The lowest BCUT2D eigenvalue weighted by Gasteiger charge is -2.32. The number of primary amides is 1. The predicted molar refractivity (Wildman–Crippen MR) is 128 cm³/mol. The number of aromatic nitrogens is 2. The number of carbonyl (C=O) groups is 2. The molecular weight excluding hydrogens is 432 g/mol. The van der Waals surface area contributed by atoms with Crippen molar-refractivity contribution in [3.05, 3.63) is 72.1 Å². The minimum absolute atomic E-state index is 0.0559. The molecule has 8 heteroatoms. The van der Waals surface area contributed by atoms with Crippen LogP contribution in [0.1, 0.15) is 35.3 Å². The second-order valence-electron chi connectivity index (χ2n) is 8.78. The minimum atomic E-state index is -0.974. The molecule has 8 nitrogen and oxygen atoms in total. The van der Waals surface area contributed by atoms with Gasteiger partial charge >= 0.3 is 0 Å². The highest BCUT2D eigenvalue weighted by atomic mass is 16.5. The Morgan fingerprint density at radius 1 is 1.06 bits per heavy atom. The number of para-hydroxylation sites is 2. The number of ether oxygens (including phenoxy) is 1. The summed E-state index contributed by atoms with van der Waals surface area (Å²) in [4.78, 5) is 34.1. The van der Waals surface area contributed by atoms with Gasteiger partial charge in [0.25, 0.3) is 5.91 Å². The molecule has 3 atom stereocenters. The number of aliphatic hydroxyl groups excluding tert-OH is 1. The van der Waals surface area contributed by atoms with Crippen molar-refractivity contribution in [1.29, 1.82) is 0 Å². The number of carbonyl (C=O) groups excluding carboxylic acids is 2.